The molecule has 1 saturated heterocycles. The van der Waals surface area contributed by atoms with Gasteiger partial charge in [-0.1, -0.05) is 12.6 Å². The standard InChI is InChI=1S/C34H50N8O6/c1-20-10-11-34(46)25-17-22-8-9-24(28-27(22)33(34,29(20)48-28)12-16-42(25,3)19-21-6-7-21)47-32(45)41(2)15-14-38-30(44)23(40-26(43)18-35)5-4-13-39-31(36)37/h8-9,21,23,25,29,46H,1,4-7,10-19,35H2,2-3H3,(H5-,36,37,38,39,40,43,44)/p+1/t23-,25+,29-,33-,34+,42?/m0/s1. The molecule has 9 N–H and O–H groups in total. The SMILES string of the molecule is C=C1CC[C@@]2(O)[C@H]3Cc4ccc(OC(=O)N(C)CCNC(=O)[C@H](CCCN=C(N)N)NC(=O)CN)c5c4[C@@]2(CC[N+]3(C)CC2CC2)[C@H]1O5. The Morgan fingerprint density at radius 1 is 1.27 bits per heavy atom. The van der Waals surface area contributed by atoms with Gasteiger partial charge >= 0.3 is 6.09 Å². The first-order valence-electron chi connectivity index (χ1n) is 17.2. The molecule has 48 heavy (non-hydrogen) atoms. The first-order valence-corrected chi connectivity index (χ1v) is 17.2. The number of benzene rings is 1. The molecule has 0 aromatic heterocycles. The number of nitrogens with one attached hydrogen (secondary N) is 2. The molecule has 2 bridgehead atoms. The molecule has 14 nitrogen and oxygen atoms in total. The van der Waals surface area contributed by atoms with Gasteiger partial charge in [-0.3, -0.25) is 14.6 Å². The lowest BCUT2D eigenvalue weighted by atomic mass is 9.48. The van der Waals surface area contributed by atoms with Crippen molar-refractivity contribution in [1.29, 1.82) is 0 Å². The zero-order valence-corrected chi connectivity index (χ0v) is 28.1. The van der Waals surface area contributed by atoms with Crippen LogP contribution in [0, 0.1) is 5.92 Å². The summed E-state index contributed by atoms with van der Waals surface area (Å²) in [7, 11) is 3.91. The number of ether oxygens (including phenoxy) is 2. The second-order valence-electron chi connectivity index (χ2n) is 14.6. The summed E-state index contributed by atoms with van der Waals surface area (Å²) in [5, 5.41) is 18.1. The Kier molecular flexibility index (Phi) is 9.11. The minimum Gasteiger partial charge on any atom is -0.481 e. The van der Waals surface area contributed by atoms with E-state index in [0.29, 0.717) is 43.7 Å². The molecular formula is C34H51N8O6+. The topological polar surface area (TPSA) is 208 Å². The van der Waals surface area contributed by atoms with Crippen LogP contribution in [-0.2, 0) is 21.4 Å². The molecule has 6 atom stereocenters. The Hall–Kier alpha value is -3.88. The van der Waals surface area contributed by atoms with Crippen LogP contribution >= 0.6 is 0 Å². The Bertz CT molecular complexity index is 1510. The fourth-order valence-electron chi connectivity index (χ4n) is 8.90. The molecule has 1 aromatic rings. The van der Waals surface area contributed by atoms with E-state index in [9.17, 15) is 19.5 Å². The smallest absolute Gasteiger partial charge is 0.415 e. The Morgan fingerprint density at radius 3 is 2.75 bits per heavy atom. The molecule has 2 saturated carbocycles. The van der Waals surface area contributed by atoms with E-state index in [1.807, 2.05) is 6.07 Å². The zero-order chi connectivity index (χ0) is 34.4. The lowest BCUT2D eigenvalue weighted by molar-refractivity contribution is -0.950. The number of nitrogens with zero attached hydrogens (tertiary/aromatic N) is 3. The van der Waals surface area contributed by atoms with E-state index in [1.165, 1.54) is 17.7 Å². The predicted octanol–water partition coefficient (Wildman–Crippen LogP) is -0.00460. The molecule has 3 amide bonds. The summed E-state index contributed by atoms with van der Waals surface area (Å²) in [6.45, 7) is 6.77. The Balaban J connectivity index is 1.13. The van der Waals surface area contributed by atoms with Gasteiger partial charge in [-0.2, -0.15) is 0 Å². The van der Waals surface area contributed by atoms with Crippen LogP contribution < -0.4 is 37.3 Å². The minimum atomic E-state index is -0.941. The van der Waals surface area contributed by atoms with Crippen LogP contribution in [0.1, 0.15) is 56.1 Å². The van der Waals surface area contributed by atoms with E-state index in [4.69, 9.17) is 26.7 Å². The molecule has 1 unspecified atom stereocenters. The maximum atomic E-state index is 13.3. The Labute approximate surface area is 281 Å². The summed E-state index contributed by atoms with van der Waals surface area (Å²) < 4.78 is 13.5. The average Bonchev–Trinajstić information content (AvgIpc) is 3.78. The van der Waals surface area contributed by atoms with E-state index in [2.05, 4.69) is 29.3 Å². The van der Waals surface area contributed by atoms with Crippen LogP contribution in [0.15, 0.2) is 29.3 Å². The predicted molar refractivity (Wildman–Crippen MR) is 179 cm³/mol. The minimum absolute atomic E-state index is 0.0498. The highest BCUT2D eigenvalue weighted by Crippen LogP contribution is 2.67. The molecule has 262 valence electrons. The highest BCUT2D eigenvalue weighted by molar-refractivity contribution is 5.88. The average molecular weight is 668 g/mol. The highest BCUT2D eigenvalue weighted by Gasteiger charge is 2.75. The maximum Gasteiger partial charge on any atom is 0.415 e. The molecule has 5 aliphatic rings. The number of amides is 3. The molecule has 3 aliphatic carbocycles. The van der Waals surface area contributed by atoms with Gasteiger partial charge in [0, 0.05) is 51.0 Å². The van der Waals surface area contributed by atoms with E-state index >= 15 is 0 Å². The van der Waals surface area contributed by atoms with Crippen molar-refractivity contribution in [3.63, 3.8) is 0 Å². The van der Waals surface area contributed by atoms with Crippen LogP contribution in [0.2, 0.25) is 0 Å². The number of likely N-dealkylation sites (N-methyl/N-ethyl adjacent to an activating group) is 2. The molecule has 0 radical (unpaired) electrons. The quantitative estimate of drug-likeness (QED) is 0.0549. The number of carbonyl (C=O) groups excluding carboxylic acids is 3. The molecular weight excluding hydrogens is 616 g/mol. The van der Waals surface area contributed by atoms with Gasteiger partial charge in [-0.15, -0.1) is 0 Å². The molecule has 3 fully saturated rings. The van der Waals surface area contributed by atoms with Crippen LogP contribution in [0.25, 0.3) is 0 Å². The third-order valence-corrected chi connectivity index (χ3v) is 11.5. The van der Waals surface area contributed by atoms with Gasteiger partial charge < -0.3 is 51.8 Å². The number of piperidine rings is 1. The zero-order valence-electron chi connectivity index (χ0n) is 28.1. The number of nitrogens with two attached hydrogens (primary N) is 3. The van der Waals surface area contributed by atoms with Crippen molar-refractivity contribution in [2.75, 3.05) is 53.4 Å². The number of hydrogen-bond donors (Lipinski definition) is 6. The van der Waals surface area contributed by atoms with Gasteiger partial charge in [-0.05, 0) is 55.7 Å². The third kappa shape index (κ3) is 5.87. The van der Waals surface area contributed by atoms with Crippen LogP contribution in [0.5, 0.6) is 11.5 Å². The number of quaternary nitrogens is 1. The van der Waals surface area contributed by atoms with Crippen molar-refractivity contribution < 1.29 is 33.4 Å². The van der Waals surface area contributed by atoms with Crippen molar-refractivity contribution in [2.45, 2.75) is 80.6 Å². The number of rotatable bonds is 13. The van der Waals surface area contributed by atoms with Crippen LogP contribution in [-0.4, -0.2) is 116 Å². The highest BCUT2D eigenvalue weighted by atomic mass is 16.6. The fourth-order valence-corrected chi connectivity index (χ4v) is 8.90. The third-order valence-electron chi connectivity index (χ3n) is 11.5. The van der Waals surface area contributed by atoms with E-state index < -0.39 is 35.0 Å². The monoisotopic (exact) mass is 667 g/mol. The van der Waals surface area contributed by atoms with Crippen LogP contribution in [0.3, 0.4) is 0 Å². The van der Waals surface area contributed by atoms with Crippen molar-refractivity contribution in [3.8, 4) is 11.5 Å². The summed E-state index contributed by atoms with van der Waals surface area (Å²) in [5.41, 5.74) is 17.7. The van der Waals surface area contributed by atoms with Gasteiger partial charge in [0.1, 0.15) is 23.8 Å². The van der Waals surface area contributed by atoms with Crippen molar-refractivity contribution in [2.24, 2.45) is 28.1 Å². The maximum absolute atomic E-state index is 13.3. The van der Waals surface area contributed by atoms with Crippen molar-refractivity contribution in [1.82, 2.24) is 15.5 Å². The summed E-state index contributed by atoms with van der Waals surface area (Å²) in [6, 6.07) is 3.08. The number of likely N-dealkylation sites (tertiary alicyclic amines) is 1. The number of guanidine groups is 1. The molecule has 1 spiro atoms. The van der Waals surface area contributed by atoms with Gasteiger partial charge in [0.25, 0.3) is 0 Å². The molecule has 1 aromatic carbocycles. The normalized spacial score (nSPS) is 30.0. The number of hydrogen-bond acceptors (Lipinski definition) is 8. The molecule has 14 heteroatoms. The first-order chi connectivity index (χ1) is 22.8. The van der Waals surface area contributed by atoms with Gasteiger partial charge in [0.2, 0.25) is 11.8 Å². The first kappa shape index (κ1) is 34.0. The van der Waals surface area contributed by atoms with Gasteiger partial charge in [0.15, 0.2) is 17.5 Å². The van der Waals surface area contributed by atoms with Crippen molar-refractivity contribution >= 4 is 23.9 Å². The molecule has 2 aliphatic heterocycles. The fraction of sp³-hybridized carbons (Fsp3) is 0.647. The second kappa shape index (κ2) is 12.9. The van der Waals surface area contributed by atoms with Gasteiger partial charge in [-0.25, -0.2) is 4.79 Å². The lowest BCUT2D eigenvalue weighted by Gasteiger charge is -2.65. The lowest BCUT2D eigenvalue weighted by Crippen LogP contribution is -2.80. The van der Waals surface area contributed by atoms with Gasteiger partial charge in [0.05, 0.1) is 32.1 Å². The van der Waals surface area contributed by atoms with E-state index in [-0.39, 0.29) is 37.7 Å². The van der Waals surface area contributed by atoms with Crippen molar-refractivity contribution in [3.05, 3.63) is 35.4 Å². The molecule has 2 heterocycles. The molecule has 6 rings (SSSR count). The summed E-state index contributed by atoms with van der Waals surface area (Å²) in [5.74, 6) is 0.669. The van der Waals surface area contributed by atoms with E-state index in [1.54, 1.807) is 13.1 Å². The summed E-state index contributed by atoms with van der Waals surface area (Å²) >= 11 is 0. The Morgan fingerprint density at radius 2 is 2.04 bits per heavy atom. The summed E-state index contributed by atoms with van der Waals surface area (Å²) in [6.07, 6.45) is 5.22. The number of aliphatic imine (C=N–C) groups is 1. The second-order valence-corrected chi connectivity index (χ2v) is 14.6. The summed E-state index contributed by atoms with van der Waals surface area (Å²) in [4.78, 5) is 43.4. The largest absolute Gasteiger partial charge is 0.481 e. The number of carbonyl (C=O) groups is 3. The van der Waals surface area contributed by atoms with Crippen LogP contribution in [0.4, 0.5) is 4.79 Å². The number of aliphatic hydroxyl groups is 1. The van der Waals surface area contributed by atoms with E-state index in [0.717, 1.165) is 53.0 Å².